The Morgan fingerprint density at radius 1 is 1.27 bits per heavy atom. The van der Waals surface area contributed by atoms with E-state index in [0.717, 1.165) is 24.1 Å². The lowest BCUT2D eigenvalue weighted by Crippen LogP contribution is -2.41. The number of ether oxygens (including phenoxy) is 1. The standard InChI is InChI=1S/C20H21ClFNO3/c1-26-18-9-6-14(11-17(18)22)19(13-4-7-16(21)8-5-13)23-10-2-3-15(12-23)20(24)25/h4-9,11,15,19H,2-3,10,12H2,1H3,(H,24,25)/t15-,19-/m1/s1. The molecule has 1 aliphatic heterocycles. The highest BCUT2D eigenvalue weighted by atomic mass is 35.5. The quantitative estimate of drug-likeness (QED) is 0.840. The Hall–Kier alpha value is -2.11. The fourth-order valence-electron chi connectivity index (χ4n) is 3.55. The molecular formula is C20H21ClFNO3. The maximum atomic E-state index is 14.3. The monoisotopic (exact) mass is 377 g/mol. The van der Waals surface area contributed by atoms with Crippen LogP contribution < -0.4 is 4.74 Å². The second-order valence-electron chi connectivity index (χ2n) is 6.52. The molecule has 2 aromatic carbocycles. The third-order valence-corrected chi connectivity index (χ3v) is 5.10. The summed E-state index contributed by atoms with van der Waals surface area (Å²) in [5.74, 6) is -1.45. The summed E-state index contributed by atoms with van der Waals surface area (Å²) in [5, 5.41) is 10.0. The molecule has 3 rings (SSSR count). The highest BCUT2D eigenvalue weighted by Crippen LogP contribution is 2.34. The third-order valence-electron chi connectivity index (χ3n) is 4.84. The number of aliphatic carboxylic acids is 1. The fraction of sp³-hybridized carbons (Fsp3) is 0.350. The number of likely N-dealkylation sites (tertiary alicyclic amines) is 1. The number of benzene rings is 2. The molecule has 2 atom stereocenters. The number of carboxylic acids is 1. The molecule has 4 nitrogen and oxygen atoms in total. The van der Waals surface area contributed by atoms with Crippen molar-refractivity contribution in [3.63, 3.8) is 0 Å². The molecule has 138 valence electrons. The number of methoxy groups -OCH3 is 1. The van der Waals surface area contributed by atoms with Crippen LogP contribution in [0.3, 0.4) is 0 Å². The van der Waals surface area contributed by atoms with Crippen molar-refractivity contribution < 1.29 is 19.0 Å². The molecule has 6 heteroatoms. The predicted molar refractivity (Wildman–Crippen MR) is 98.2 cm³/mol. The lowest BCUT2D eigenvalue weighted by molar-refractivity contribution is -0.143. The number of hydrogen-bond acceptors (Lipinski definition) is 3. The minimum Gasteiger partial charge on any atom is -0.494 e. The van der Waals surface area contributed by atoms with Gasteiger partial charge in [0, 0.05) is 11.6 Å². The Morgan fingerprint density at radius 3 is 2.58 bits per heavy atom. The van der Waals surface area contributed by atoms with Gasteiger partial charge in [0.15, 0.2) is 11.6 Å². The van der Waals surface area contributed by atoms with Gasteiger partial charge in [-0.05, 0) is 54.8 Å². The van der Waals surface area contributed by atoms with Gasteiger partial charge in [0.1, 0.15) is 0 Å². The van der Waals surface area contributed by atoms with E-state index in [2.05, 4.69) is 4.90 Å². The van der Waals surface area contributed by atoms with E-state index < -0.39 is 17.7 Å². The van der Waals surface area contributed by atoms with Crippen LogP contribution in [0.25, 0.3) is 0 Å². The van der Waals surface area contributed by atoms with Crippen molar-refractivity contribution in [1.29, 1.82) is 0 Å². The first-order valence-corrected chi connectivity index (χ1v) is 8.93. The molecule has 1 saturated heterocycles. The molecule has 1 fully saturated rings. The Morgan fingerprint density at radius 2 is 1.96 bits per heavy atom. The van der Waals surface area contributed by atoms with E-state index in [1.807, 2.05) is 18.2 Å². The van der Waals surface area contributed by atoms with Crippen molar-refractivity contribution in [1.82, 2.24) is 4.90 Å². The number of carboxylic acid groups (broad SMARTS) is 1. The van der Waals surface area contributed by atoms with Crippen molar-refractivity contribution >= 4 is 17.6 Å². The van der Waals surface area contributed by atoms with Crippen LogP contribution in [-0.4, -0.2) is 36.2 Å². The van der Waals surface area contributed by atoms with Gasteiger partial charge in [-0.25, -0.2) is 4.39 Å². The average molecular weight is 378 g/mol. The van der Waals surface area contributed by atoms with Gasteiger partial charge >= 0.3 is 5.97 Å². The lowest BCUT2D eigenvalue weighted by atomic mass is 9.91. The van der Waals surface area contributed by atoms with E-state index in [9.17, 15) is 14.3 Å². The number of halogens is 2. The smallest absolute Gasteiger partial charge is 0.307 e. The Kier molecular flexibility index (Phi) is 5.79. The van der Waals surface area contributed by atoms with Crippen molar-refractivity contribution in [2.75, 3.05) is 20.2 Å². The van der Waals surface area contributed by atoms with Gasteiger partial charge in [-0.3, -0.25) is 9.69 Å². The zero-order valence-electron chi connectivity index (χ0n) is 14.5. The number of nitrogens with zero attached hydrogens (tertiary/aromatic N) is 1. The summed E-state index contributed by atoms with van der Waals surface area (Å²) in [7, 11) is 1.43. The summed E-state index contributed by atoms with van der Waals surface area (Å²) < 4.78 is 19.3. The molecular weight excluding hydrogens is 357 g/mol. The molecule has 26 heavy (non-hydrogen) atoms. The second-order valence-corrected chi connectivity index (χ2v) is 6.96. The number of piperidine rings is 1. The maximum Gasteiger partial charge on any atom is 0.307 e. The van der Waals surface area contributed by atoms with Crippen LogP contribution in [-0.2, 0) is 4.79 Å². The summed E-state index contributed by atoms with van der Waals surface area (Å²) >= 11 is 6.01. The first kappa shape index (κ1) is 18.7. The van der Waals surface area contributed by atoms with E-state index in [0.29, 0.717) is 18.0 Å². The molecule has 0 saturated carbocycles. The topological polar surface area (TPSA) is 49.8 Å². The van der Waals surface area contributed by atoms with Gasteiger partial charge in [0.2, 0.25) is 0 Å². The van der Waals surface area contributed by atoms with Gasteiger partial charge in [0.05, 0.1) is 19.1 Å². The largest absolute Gasteiger partial charge is 0.494 e. The average Bonchev–Trinajstić information content (AvgIpc) is 2.64. The van der Waals surface area contributed by atoms with E-state index >= 15 is 0 Å². The Labute approximate surface area is 157 Å². The fourth-order valence-corrected chi connectivity index (χ4v) is 3.68. The molecule has 1 aliphatic rings. The summed E-state index contributed by atoms with van der Waals surface area (Å²) in [6, 6.07) is 12.0. The van der Waals surface area contributed by atoms with Crippen LogP contribution in [0.2, 0.25) is 5.02 Å². The van der Waals surface area contributed by atoms with Gasteiger partial charge in [-0.1, -0.05) is 29.8 Å². The van der Waals surface area contributed by atoms with Crippen LogP contribution >= 0.6 is 11.6 Å². The van der Waals surface area contributed by atoms with Gasteiger partial charge in [-0.2, -0.15) is 0 Å². The van der Waals surface area contributed by atoms with Gasteiger partial charge < -0.3 is 9.84 Å². The molecule has 0 bridgehead atoms. The third kappa shape index (κ3) is 4.00. The number of carbonyl (C=O) groups is 1. The van der Waals surface area contributed by atoms with Crippen molar-refractivity contribution in [3.05, 3.63) is 64.4 Å². The summed E-state index contributed by atoms with van der Waals surface area (Å²) in [4.78, 5) is 13.6. The second kappa shape index (κ2) is 8.06. The summed E-state index contributed by atoms with van der Waals surface area (Å²) in [5.41, 5.74) is 1.71. The SMILES string of the molecule is COc1ccc([C@@H](c2ccc(Cl)cc2)N2CCC[C@@H](C(=O)O)C2)cc1F. The molecule has 1 N–H and O–H groups in total. The minimum absolute atomic E-state index is 0.186. The first-order chi connectivity index (χ1) is 12.5. The van der Waals surface area contributed by atoms with Crippen molar-refractivity contribution in [3.8, 4) is 5.75 Å². The molecule has 0 aromatic heterocycles. The van der Waals surface area contributed by atoms with Crippen LogP contribution in [0.15, 0.2) is 42.5 Å². The highest BCUT2D eigenvalue weighted by Gasteiger charge is 2.31. The van der Waals surface area contributed by atoms with E-state index in [-0.39, 0.29) is 11.8 Å². The zero-order chi connectivity index (χ0) is 18.7. The van der Waals surface area contributed by atoms with Crippen LogP contribution in [0.4, 0.5) is 4.39 Å². The van der Waals surface area contributed by atoms with Gasteiger partial charge in [0.25, 0.3) is 0 Å². The molecule has 1 heterocycles. The van der Waals surface area contributed by atoms with Crippen LogP contribution in [0, 0.1) is 11.7 Å². The predicted octanol–water partition coefficient (Wildman–Crippen LogP) is 4.37. The molecule has 0 spiro atoms. The van der Waals surface area contributed by atoms with Crippen molar-refractivity contribution in [2.45, 2.75) is 18.9 Å². The Balaban J connectivity index is 2.00. The van der Waals surface area contributed by atoms with E-state index in [4.69, 9.17) is 16.3 Å². The van der Waals surface area contributed by atoms with E-state index in [1.54, 1.807) is 18.2 Å². The molecule has 0 radical (unpaired) electrons. The Bertz CT molecular complexity index is 781. The number of hydrogen-bond donors (Lipinski definition) is 1. The van der Waals surface area contributed by atoms with Gasteiger partial charge in [-0.15, -0.1) is 0 Å². The lowest BCUT2D eigenvalue weighted by Gasteiger charge is -2.37. The number of rotatable bonds is 5. The first-order valence-electron chi connectivity index (χ1n) is 8.55. The molecule has 0 amide bonds. The minimum atomic E-state index is -0.787. The molecule has 2 aromatic rings. The van der Waals surface area contributed by atoms with Crippen LogP contribution in [0.5, 0.6) is 5.75 Å². The van der Waals surface area contributed by atoms with E-state index in [1.165, 1.54) is 13.2 Å². The summed E-state index contributed by atoms with van der Waals surface area (Å²) in [6.07, 6.45) is 1.45. The molecule has 0 aliphatic carbocycles. The van der Waals surface area contributed by atoms with Crippen molar-refractivity contribution in [2.24, 2.45) is 5.92 Å². The normalized spacial score (nSPS) is 19.1. The molecule has 0 unspecified atom stereocenters. The highest BCUT2D eigenvalue weighted by molar-refractivity contribution is 6.30. The summed E-state index contributed by atoms with van der Waals surface area (Å²) in [6.45, 7) is 1.18. The van der Waals surface area contributed by atoms with Crippen LogP contribution in [0.1, 0.15) is 30.0 Å². The zero-order valence-corrected chi connectivity index (χ0v) is 15.2. The maximum absolute atomic E-state index is 14.3.